The van der Waals surface area contributed by atoms with Gasteiger partial charge in [-0.1, -0.05) is 0 Å². The summed E-state index contributed by atoms with van der Waals surface area (Å²) in [6, 6.07) is 13.5. The molecule has 32 heavy (non-hydrogen) atoms. The van der Waals surface area contributed by atoms with Crippen molar-refractivity contribution in [3.05, 3.63) is 76.5 Å². The lowest BCUT2D eigenvalue weighted by Crippen LogP contribution is -2.48. The molecule has 3 heterocycles. The predicted octanol–water partition coefficient (Wildman–Crippen LogP) is 4.52. The average Bonchev–Trinajstić information content (AvgIpc) is 3.09. The number of piperazine rings is 1. The lowest BCUT2D eigenvalue weighted by Gasteiger charge is -2.34. The number of halogens is 1. The van der Waals surface area contributed by atoms with Crippen molar-refractivity contribution in [2.75, 3.05) is 31.1 Å². The molecule has 0 spiro atoms. The van der Waals surface area contributed by atoms with Crippen molar-refractivity contribution in [2.45, 2.75) is 33.6 Å². The Hall–Kier alpha value is -3.35. The highest BCUT2D eigenvalue weighted by Crippen LogP contribution is 2.22. The van der Waals surface area contributed by atoms with Gasteiger partial charge in [0, 0.05) is 48.9 Å². The van der Waals surface area contributed by atoms with E-state index in [1.165, 1.54) is 11.0 Å². The number of carboxylic acid groups (broad SMARTS) is 1. The summed E-state index contributed by atoms with van der Waals surface area (Å²) < 4.78 is 16.5. The SMILES string of the molecule is Cc1cc(CCc2cc(F)cc(N3CCN(C(=O)O)CC3)c2)nc(-n2c(C)ccc2C)c1. The van der Waals surface area contributed by atoms with Gasteiger partial charge in [0.25, 0.3) is 0 Å². The van der Waals surface area contributed by atoms with Crippen molar-refractivity contribution in [3.8, 4) is 5.82 Å². The van der Waals surface area contributed by atoms with Crippen LogP contribution < -0.4 is 4.90 Å². The molecule has 1 fully saturated rings. The highest BCUT2D eigenvalue weighted by atomic mass is 19.1. The second-order valence-electron chi connectivity index (χ2n) is 8.52. The standard InChI is InChI=1S/C25H29FN4O2/c1-17-12-22(27-24(13-17)30-18(2)4-5-19(30)3)7-6-20-14-21(26)16-23(15-20)28-8-10-29(11-9-28)25(31)32/h4-5,12-16H,6-11H2,1-3H3,(H,31,32). The van der Waals surface area contributed by atoms with Crippen molar-refractivity contribution < 1.29 is 14.3 Å². The van der Waals surface area contributed by atoms with E-state index in [0.717, 1.165) is 39.7 Å². The summed E-state index contributed by atoms with van der Waals surface area (Å²) in [5.74, 6) is 0.644. The van der Waals surface area contributed by atoms with Crippen molar-refractivity contribution in [2.24, 2.45) is 0 Å². The van der Waals surface area contributed by atoms with Crippen LogP contribution in [0.1, 0.15) is 28.2 Å². The van der Waals surface area contributed by atoms with Crippen molar-refractivity contribution in [1.29, 1.82) is 0 Å². The van der Waals surface area contributed by atoms with Crippen LogP contribution >= 0.6 is 0 Å². The molecule has 1 aromatic carbocycles. The fraction of sp³-hybridized carbons (Fsp3) is 0.360. The minimum absolute atomic E-state index is 0.269. The van der Waals surface area contributed by atoms with Crippen LogP contribution in [-0.2, 0) is 12.8 Å². The fourth-order valence-corrected chi connectivity index (χ4v) is 4.38. The number of rotatable bonds is 5. The van der Waals surface area contributed by atoms with Gasteiger partial charge in [-0.2, -0.15) is 0 Å². The lowest BCUT2D eigenvalue weighted by molar-refractivity contribution is 0.142. The molecule has 1 N–H and O–H groups in total. The molecule has 0 bridgehead atoms. The van der Waals surface area contributed by atoms with Gasteiger partial charge in [-0.3, -0.25) is 0 Å². The Morgan fingerprint density at radius 3 is 2.31 bits per heavy atom. The zero-order valence-corrected chi connectivity index (χ0v) is 18.8. The molecule has 2 aromatic heterocycles. The van der Waals surface area contributed by atoms with E-state index in [4.69, 9.17) is 10.1 Å². The molecule has 1 saturated heterocycles. The smallest absolute Gasteiger partial charge is 0.407 e. The third-order valence-corrected chi connectivity index (χ3v) is 6.04. The summed E-state index contributed by atoms with van der Waals surface area (Å²) in [5.41, 5.74) is 6.14. The summed E-state index contributed by atoms with van der Waals surface area (Å²) in [6.07, 6.45) is 0.489. The second-order valence-corrected chi connectivity index (χ2v) is 8.52. The molecule has 4 rings (SSSR count). The summed E-state index contributed by atoms with van der Waals surface area (Å²) >= 11 is 0. The van der Waals surface area contributed by atoms with Gasteiger partial charge in [0.05, 0.1) is 0 Å². The van der Waals surface area contributed by atoms with Crippen LogP contribution in [0.4, 0.5) is 14.9 Å². The highest BCUT2D eigenvalue weighted by molar-refractivity contribution is 5.65. The van der Waals surface area contributed by atoms with Crippen molar-refractivity contribution in [1.82, 2.24) is 14.5 Å². The lowest BCUT2D eigenvalue weighted by atomic mass is 10.1. The molecule has 0 unspecified atom stereocenters. The number of benzene rings is 1. The van der Waals surface area contributed by atoms with Crippen LogP contribution in [0.15, 0.2) is 42.5 Å². The molecule has 0 radical (unpaired) electrons. The van der Waals surface area contributed by atoms with Crippen LogP contribution in [-0.4, -0.2) is 51.8 Å². The summed E-state index contributed by atoms with van der Waals surface area (Å²) in [5, 5.41) is 9.13. The zero-order chi connectivity index (χ0) is 22.8. The summed E-state index contributed by atoms with van der Waals surface area (Å²) in [7, 11) is 0. The van der Waals surface area contributed by atoms with Crippen molar-refractivity contribution >= 4 is 11.8 Å². The van der Waals surface area contributed by atoms with Gasteiger partial charge in [0.2, 0.25) is 0 Å². The number of anilines is 1. The van der Waals surface area contributed by atoms with Gasteiger partial charge < -0.3 is 19.5 Å². The Kier molecular flexibility index (Phi) is 6.17. The first-order valence-electron chi connectivity index (χ1n) is 11.0. The Morgan fingerprint density at radius 2 is 1.66 bits per heavy atom. The van der Waals surface area contributed by atoms with E-state index in [1.807, 2.05) is 11.0 Å². The molecule has 1 aliphatic heterocycles. The minimum atomic E-state index is -0.903. The topological polar surface area (TPSA) is 61.6 Å². The number of nitrogens with zero attached hydrogens (tertiary/aromatic N) is 4. The van der Waals surface area contributed by atoms with Gasteiger partial charge in [-0.25, -0.2) is 14.2 Å². The number of amides is 1. The van der Waals surface area contributed by atoms with Gasteiger partial charge in [-0.15, -0.1) is 0 Å². The van der Waals surface area contributed by atoms with E-state index >= 15 is 0 Å². The van der Waals surface area contributed by atoms with E-state index in [-0.39, 0.29) is 5.82 Å². The number of aromatic nitrogens is 2. The Bertz CT molecular complexity index is 1110. The molecule has 168 valence electrons. The van der Waals surface area contributed by atoms with E-state index in [9.17, 15) is 9.18 Å². The largest absolute Gasteiger partial charge is 0.465 e. The first-order valence-corrected chi connectivity index (χ1v) is 11.0. The molecule has 1 amide bonds. The average molecular weight is 437 g/mol. The molecule has 6 nitrogen and oxygen atoms in total. The van der Waals surface area contributed by atoms with Gasteiger partial charge in [0.15, 0.2) is 0 Å². The van der Waals surface area contributed by atoms with Crippen LogP contribution in [0.25, 0.3) is 5.82 Å². The number of hydrogen-bond acceptors (Lipinski definition) is 3. The Balaban J connectivity index is 1.49. The highest BCUT2D eigenvalue weighted by Gasteiger charge is 2.21. The van der Waals surface area contributed by atoms with E-state index in [2.05, 4.69) is 49.6 Å². The van der Waals surface area contributed by atoms with E-state index < -0.39 is 6.09 Å². The first-order chi connectivity index (χ1) is 15.3. The van der Waals surface area contributed by atoms with Crippen LogP contribution in [0.5, 0.6) is 0 Å². The monoisotopic (exact) mass is 436 g/mol. The number of pyridine rings is 1. The molecule has 7 heteroatoms. The third kappa shape index (κ3) is 4.77. The van der Waals surface area contributed by atoms with Crippen LogP contribution in [0.2, 0.25) is 0 Å². The first kappa shape index (κ1) is 21.9. The molecule has 3 aromatic rings. The maximum Gasteiger partial charge on any atom is 0.407 e. The maximum atomic E-state index is 14.4. The molecular formula is C25H29FN4O2. The van der Waals surface area contributed by atoms with Crippen LogP contribution in [0, 0.1) is 26.6 Å². The molecular weight excluding hydrogens is 407 g/mol. The van der Waals surface area contributed by atoms with E-state index in [1.54, 1.807) is 6.07 Å². The Labute approximate surface area is 187 Å². The molecule has 1 aliphatic rings. The van der Waals surface area contributed by atoms with Crippen molar-refractivity contribution in [3.63, 3.8) is 0 Å². The fourth-order valence-electron chi connectivity index (χ4n) is 4.38. The quantitative estimate of drug-likeness (QED) is 0.639. The summed E-state index contributed by atoms with van der Waals surface area (Å²) in [6.45, 7) is 8.19. The van der Waals surface area contributed by atoms with Gasteiger partial charge >= 0.3 is 6.09 Å². The number of hydrogen-bond donors (Lipinski definition) is 1. The normalized spacial score (nSPS) is 14.1. The Morgan fingerprint density at radius 1 is 0.969 bits per heavy atom. The molecule has 0 aliphatic carbocycles. The maximum absolute atomic E-state index is 14.4. The van der Waals surface area contributed by atoms with Crippen LogP contribution in [0.3, 0.4) is 0 Å². The van der Waals surface area contributed by atoms with E-state index in [0.29, 0.717) is 39.0 Å². The van der Waals surface area contributed by atoms with Gasteiger partial charge in [-0.05, 0) is 87.2 Å². The predicted molar refractivity (Wildman–Crippen MR) is 123 cm³/mol. The minimum Gasteiger partial charge on any atom is -0.465 e. The molecule has 0 saturated carbocycles. The zero-order valence-electron chi connectivity index (χ0n) is 18.8. The second kappa shape index (κ2) is 9.02. The number of aryl methyl sites for hydroxylation is 5. The third-order valence-electron chi connectivity index (χ3n) is 6.04. The summed E-state index contributed by atoms with van der Waals surface area (Å²) in [4.78, 5) is 19.4. The molecule has 0 atom stereocenters. The number of carbonyl (C=O) groups is 1. The van der Waals surface area contributed by atoms with Gasteiger partial charge in [0.1, 0.15) is 11.6 Å².